The van der Waals surface area contributed by atoms with Gasteiger partial charge in [-0.25, -0.2) is 9.67 Å². The molecule has 4 rings (SSSR count). The molecule has 2 aromatic carbocycles. The van der Waals surface area contributed by atoms with Gasteiger partial charge in [-0.3, -0.25) is 0 Å². The van der Waals surface area contributed by atoms with Gasteiger partial charge >= 0.3 is 0 Å². The van der Waals surface area contributed by atoms with Gasteiger partial charge in [0.2, 0.25) is 8.92 Å². The molecule has 8 heteroatoms. The lowest BCUT2D eigenvalue weighted by Crippen LogP contribution is -2.10. The molecule has 0 radical (unpaired) electrons. The molecule has 0 atom stereocenters. The van der Waals surface area contributed by atoms with E-state index in [1.165, 1.54) is 11.3 Å². The van der Waals surface area contributed by atoms with Crippen LogP contribution in [0.15, 0.2) is 66.0 Å². The van der Waals surface area contributed by atoms with Crippen LogP contribution in [-0.4, -0.2) is 14.8 Å². The van der Waals surface area contributed by atoms with Crippen molar-refractivity contribution in [2.24, 2.45) is 0 Å². The molecular formula is C19H11Cl4N3S. The van der Waals surface area contributed by atoms with Crippen LogP contribution in [0.3, 0.4) is 0 Å². The van der Waals surface area contributed by atoms with E-state index in [2.05, 4.69) is 10.1 Å². The molecule has 27 heavy (non-hydrogen) atoms. The summed E-state index contributed by atoms with van der Waals surface area (Å²) in [6, 6.07) is 19.0. The summed E-state index contributed by atoms with van der Waals surface area (Å²) in [7, 11) is 0. The number of thiazole rings is 1. The van der Waals surface area contributed by atoms with Crippen LogP contribution in [0, 0.1) is 0 Å². The van der Waals surface area contributed by atoms with Gasteiger partial charge in [0, 0.05) is 21.5 Å². The van der Waals surface area contributed by atoms with Crippen molar-refractivity contribution >= 4 is 57.7 Å². The topological polar surface area (TPSA) is 30.7 Å². The molecule has 0 fully saturated rings. The first-order chi connectivity index (χ1) is 12.9. The van der Waals surface area contributed by atoms with Crippen molar-refractivity contribution in [3.05, 3.63) is 76.8 Å². The summed E-state index contributed by atoms with van der Waals surface area (Å²) in [5.41, 5.74) is 3.83. The third-order valence-electron chi connectivity index (χ3n) is 3.88. The van der Waals surface area contributed by atoms with E-state index in [-0.39, 0.29) is 0 Å². The van der Waals surface area contributed by atoms with Crippen LogP contribution in [0.2, 0.25) is 5.02 Å². The van der Waals surface area contributed by atoms with Crippen molar-refractivity contribution in [2.45, 2.75) is 3.79 Å². The lowest BCUT2D eigenvalue weighted by molar-refractivity contribution is 0.817. The van der Waals surface area contributed by atoms with Gasteiger partial charge in [-0.05, 0) is 18.2 Å². The zero-order chi connectivity index (χ0) is 19.0. The standard InChI is InChI=1S/C19H11Cl4N3S/c20-14-8-6-13(7-9-14)16-11-27-18(24-16)26-17(19(21,22)23)10-15(25-26)12-4-2-1-3-5-12/h1-11H. The highest BCUT2D eigenvalue weighted by molar-refractivity contribution is 7.12. The van der Waals surface area contributed by atoms with Crippen LogP contribution in [0.1, 0.15) is 5.69 Å². The molecule has 0 bridgehead atoms. The summed E-state index contributed by atoms with van der Waals surface area (Å²) in [6.45, 7) is 0. The quantitative estimate of drug-likeness (QED) is 0.308. The zero-order valence-corrected chi connectivity index (χ0v) is 17.5. The van der Waals surface area contributed by atoms with Gasteiger partial charge in [0.15, 0.2) is 0 Å². The lowest BCUT2D eigenvalue weighted by Gasteiger charge is -2.11. The number of halogens is 4. The smallest absolute Gasteiger partial charge is 0.218 e. The second-order valence-corrected chi connectivity index (χ2v) is 9.27. The molecule has 2 heterocycles. The molecule has 0 aliphatic rings. The number of nitrogens with zero attached hydrogens (tertiary/aromatic N) is 3. The minimum atomic E-state index is -1.63. The Bertz CT molecular complexity index is 1070. The maximum Gasteiger partial charge on any atom is 0.232 e. The van der Waals surface area contributed by atoms with Gasteiger partial charge in [0.1, 0.15) is 0 Å². The summed E-state index contributed by atoms with van der Waals surface area (Å²) in [4.78, 5) is 4.66. The molecule has 3 nitrogen and oxygen atoms in total. The van der Waals surface area contributed by atoms with Crippen molar-refractivity contribution in [3.63, 3.8) is 0 Å². The van der Waals surface area contributed by atoms with Gasteiger partial charge in [-0.2, -0.15) is 5.10 Å². The van der Waals surface area contributed by atoms with E-state index >= 15 is 0 Å². The minimum absolute atomic E-state index is 0.434. The number of hydrogen-bond donors (Lipinski definition) is 0. The fraction of sp³-hybridized carbons (Fsp3) is 0.0526. The van der Waals surface area contributed by atoms with Crippen LogP contribution >= 0.6 is 57.7 Å². The molecule has 0 unspecified atom stereocenters. The number of benzene rings is 2. The highest BCUT2D eigenvalue weighted by Crippen LogP contribution is 2.41. The van der Waals surface area contributed by atoms with Crippen molar-refractivity contribution < 1.29 is 0 Å². The SMILES string of the molecule is Clc1ccc(-c2csc(-n3nc(-c4ccccc4)cc3C(Cl)(Cl)Cl)n2)cc1. The fourth-order valence-electron chi connectivity index (χ4n) is 2.59. The number of hydrogen-bond acceptors (Lipinski definition) is 3. The third kappa shape index (κ3) is 4.00. The maximum atomic E-state index is 6.19. The molecule has 2 aromatic heterocycles. The number of aromatic nitrogens is 3. The predicted octanol–water partition coefficient (Wildman–Crippen LogP) is 7.14. The Morgan fingerprint density at radius 3 is 2.19 bits per heavy atom. The van der Waals surface area contributed by atoms with Crippen LogP contribution < -0.4 is 0 Å². The highest BCUT2D eigenvalue weighted by Gasteiger charge is 2.30. The van der Waals surface area contributed by atoms with Crippen molar-refractivity contribution in [2.75, 3.05) is 0 Å². The van der Waals surface area contributed by atoms with Crippen LogP contribution in [0.5, 0.6) is 0 Å². The average Bonchev–Trinajstić information content (AvgIpc) is 3.30. The molecule has 0 spiro atoms. The molecule has 0 N–H and O–H groups in total. The third-order valence-corrected chi connectivity index (χ3v) is 5.53. The van der Waals surface area contributed by atoms with E-state index in [9.17, 15) is 0 Å². The maximum absolute atomic E-state index is 6.19. The van der Waals surface area contributed by atoms with Gasteiger partial charge in [0.25, 0.3) is 0 Å². The minimum Gasteiger partial charge on any atom is -0.218 e. The van der Waals surface area contributed by atoms with E-state index in [4.69, 9.17) is 46.4 Å². The van der Waals surface area contributed by atoms with Gasteiger partial charge in [-0.1, -0.05) is 88.9 Å². The summed E-state index contributed by atoms with van der Waals surface area (Å²) in [6.07, 6.45) is 0. The largest absolute Gasteiger partial charge is 0.232 e. The fourth-order valence-corrected chi connectivity index (χ4v) is 3.92. The van der Waals surface area contributed by atoms with E-state index < -0.39 is 3.79 Å². The zero-order valence-electron chi connectivity index (χ0n) is 13.6. The first-order valence-corrected chi connectivity index (χ1v) is 10.3. The second-order valence-electron chi connectivity index (χ2n) is 5.71. The van der Waals surface area contributed by atoms with E-state index in [1.807, 2.05) is 60.0 Å². The molecular weight excluding hydrogens is 444 g/mol. The highest BCUT2D eigenvalue weighted by atomic mass is 35.6. The Labute approximate surface area is 180 Å². The average molecular weight is 455 g/mol. The van der Waals surface area contributed by atoms with E-state index in [0.717, 1.165) is 16.8 Å². The van der Waals surface area contributed by atoms with Crippen LogP contribution in [-0.2, 0) is 3.79 Å². The molecule has 136 valence electrons. The van der Waals surface area contributed by atoms with Gasteiger partial charge in [-0.15, -0.1) is 11.3 Å². The van der Waals surface area contributed by atoms with Crippen molar-refractivity contribution in [3.8, 4) is 27.6 Å². The van der Waals surface area contributed by atoms with Gasteiger partial charge < -0.3 is 0 Å². The summed E-state index contributed by atoms with van der Waals surface area (Å²) in [5.74, 6) is 0. The first-order valence-electron chi connectivity index (χ1n) is 7.86. The van der Waals surface area contributed by atoms with Crippen molar-refractivity contribution in [1.82, 2.24) is 14.8 Å². The number of rotatable bonds is 3. The first kappa shape index (κ1) is 18.8. The monoisotopic (exact) mass is 453 g/mol. The molecule has 4 aromatic rings. The molecule has 0 aliphatic heterocycles. The summed E-state index contributed by atoms with van der Waals surface area (Å²) >= 11 is 25.9. The Balaban J connectivity index is 1.79. The molecule has 0 saturated carbocycles. The molecule has 0 aliphatic carbocycles. The predicted molar refractivity (Wildman–Crippen MR) is 114 cm³/mol. The van der Waals surface area contributed by atoms with Gasteiger partial charge in [0.05, 0.1) is 17.1 Å². The Morgan fingerprint density at radius 1 is 0.852 bits per heavy atom. The Kier molecular flexibility index (Phi) is 5.19. The number of alkyl halides is 3. The second kappa shape index (κ2) is 7.46. The Hall–Kier alpha value is -1.56. The van der Waals surface area contributed by atoms with E-state index in [0.29, 0.717) is 21.5 Å². The van der Waals surface area contributed by atoms with Crippen molar-refractivity contribution in [1.29, 1.82) is 0 Å². The molecule has 0 saturated heterocycles. The normalized spacial score (nSPS) is 11.7. The van der Waals surface area contributed by atoms with Crippen LogP contribution in [0.25, 0.3) is 27.6 Å². The van der Waals surface area contributed by atoms with Crippen LogP contribution in [0.4, 0.5) is 0 Å². The molecule has 0 amide bonds. The Morgan fingerprint density at radius 2 is 1.52 bits per heavy atom. The van der Waals surface area contributed by atoms with E-state index in [1.54, 1.807) is 10.7 Å². The lowest BCUT2D eigenvalue weighted by atomic mass is 10.1. The summed E-state index contributed by atoms with van der Waals surface area (Å²) in [5, 5.41) is 7.85. The summed E-state index contributed by atoms with van der Waals surface area (Å²) < 4.78 is -0.0500.